The largest absolute Gasteiger partial charge is 0.383 e. The maximum atomic E-state index is 12.4. The molecule has 0 fully saturated rings. The minimum atomic E-state index is -3.56. The minimum Gasteiger partial charge on any atom is -0.383 e. The second kappa shape index (κ2) is 6.08. The maximum absolute atomic E-state index is 12.4. The Kier molecular flexibility index (Phi) is 4.62. The average molecular weight is 355 g/mol. The summed E-state index contributed by atoms with van der Waals surface area (Å²) in [6.07, 6.45) is 0. The van der Waals surface area contributed by atoms with Gasteiger partial charge in [-0.3, -0.25) is 0 Å². The number of alkyl halides is 1. The van der Waals surface area contributed by atoms with Gasteiger partial charge in [-0.05, 0) is 17.7 Å². The summed E-state index contributed by atoms with van der Waals surface area (Å²) in [4.78, 5) is 0.218. The van der Waals surface area contributed by atoms with E-state index in [9.17, 15) is 13.5 Å². The highest BCUT2D eigenvalue weighted by molar-refractivity contribution is 9.09. The number of rotatable bonds is 5. The third kappa shape index (κ3) is 3.29. The Bertz CT molecular complexity index is 656. The van der Waals surface area contributed by atoms with E-state index in [0.29, 0.717) is 5.56 Å². The zero-order valence-electron chi connectivity index (χ0n) is 10.7. The third-order valence-electron chi connectivity index (χ3n) is 3.06. The van der Waals surface area contributed by atoms with Crippen molar-refractivity contribution in [3.8, 4) is 0 Å². The lowest BCUT2D eigenvalue weighted by atomic mass is 9.98. The van der Waals surface area contributed by atoms with Crippen LogP contribution in [0.5, 0.6) is 0 Å². The molecule has 3 nitrogen and oxygen atoms in total. The number of halogens is 1. The molecule has 0 saturated heterocycles. The summed E-state index contributed by atoms with van der Waals surface area (Å²) in [5, 5.41) is 10.8. The molecule has 2 aromatic rings. The molecule has 5 heteroatoms. The van der Waals surface area contributed by atoms with Gasteiger partial charge in [0.15, 0.2) is 9.84 Å². The molecule has 1 unspecified atom stereocenters. The number of hydrogen-bond donors (Lipinski definition) is 1. The van der Waals surface area contributed by atoms with E-state index in [1.807, 2.05) is 6.07 Å². The van der Waals surface area contributed by atoms with Crippen LogP contribution in [-0.2, 0) is 15.4 Å². The smallest absolute Gasteiger partial charge is 0.181 e. The van der Waals surface area contributed by atoms with Gasteiger partial charge in [-0.1, -0.05) is 64.5 Å². The molecule has 0 aromatic heterocycles. The van der Waals surface area contributed by atoms with Gasteiger partial charge in [-0.15, -0.1) is 0 Å². The van der Waals surface area contributed by atoms with E-state index in [1.54, 1.807) is 42.5 Å². The number of sulfone groups is 1. The van der Waals surface area contributed by atoms with E-state index in [1.165, 1.54) is 12.1 Å². The molecule has 0 aliphatic carbocycles. The van der Waals surface area contributed by atoms with Crippen LogP contribution in [0, 0.1) is 0 Å². The molecule has 0 saturated carbocycles. The lowest BCUT2D eigenvalue weighted by Gasteiger charge is -2.26. The summed E-state index contributed by atoms with van der Waals surface area (Å²) in [5.74, 6) is -0.362. The highest BCUT2D eigenvalue weighted by atomic mass is 79.9. The first-order chi connectivity index (χ1) is 9.48. The van der Waals surface area contributed by atoms with E-state index in [2.05, 4.69) is 15.9 Å². The average Bonchev–Trinajstić information content (AvgIpc) is 2.48. The second-order valence-corrected chi connectivity index (χ2v) is 7.15. The first kappa shape index (κ1) is 15.2. The lowest BCUT2D eigenvalue weighted by molar-refractivity contribution is 0.0886. The van der Waals surface area contributed by atoms with Crippen LogP contribution in [0.2, 0.25) is 0 Å². The predicted molar refractivity (Wildman–Crippen MR) is 82.6 cm³/mol. The summed E-state index contributed by atoms with van der Waals surface area (Å²) < 4.78 is 24.8. The Morgan fingerprint density at radius 3 is 1.95 bits per heavy atom. The fraction of sp³-hybridized carbons (Fsp3) is 0.200. The number of benzene rings is 2. The van der Waals surface area contributed by atoms with Gasteiger partial charge in [0.2, 0.25) is 0 Å². The van der Waals surface area contributed by atoms with Crippen LogP contribution >= 0.6 is 15.9 Å². The molecule has 20 heavy (non-hydrogen) atoms. The van der Waals surface area contributed by atoms with E-state index in [-0.39, 0.29) is 16.0 Å². The minimum absolute atomic E-state index is 0.149. The molecule has 0 heterocycles. The van der Waals surface area contributed by atoms with Crippen molar-refractivity contribution in [3.63, 3.8) is 0 Å². The van der Waals surface area contributed by atoms with Gasteiger partial charge in [0, 0.05) is 5.33 Å². The van der Waals surface area contributed by atoms with Gasteiger partial charge in [-0.25, -0.2) is 8.42 Å². The molecular weight excluding hydrogens is 340 g/mol. The molecular formula is C15H15BrO3S. The fourth-order valence-corrected chi connectivity index (χ4v) is 4.39. The van der Waals surface area contributed by atoms with Gasteiger partial charge >= 0.3 is 0 Å². The maximum Gasteiger partial charge on any atom is 0.181 e. The molecule has 0 spiro atoms. The summed E-state index contributed by atoms with van der Waals surface area (Å²) in [5.41, 5.74) is -0.868. The molecule has 106 valence electrons. The van der Waals surface area contributed by atoms with Crippen LogP contribution in [-0.4, -0.2) is 24.6 Å². The van der Waals surface area contributed by atoms with Gasteiger partial charge in [0.05, 0.1) is 10.6 Å². The van der Waals surface area contributed by atoms with Crippen LogP contribution in [0.4, 0.5) is 0 Å². The topological polar surface area (TPSA) is 54.4 Å². The number of aliphatic hydroxyl groups is 1. The van der Waals surface area contributed by atoms with Gasteiger partial charge in [0.25, 0.3) is 0 Å². The Balaban J connectivity index is 2.36. The van der Waals surface area contributed by atoms with Crippen molar-refractivity contribution < 1.29 is 13.5 Å². The predicted octanol–water partition coefficient (Wildman–Crippen LogP) is 2.74. The van der Waals surface area contributed by atoms with Crippen LogP contribution in [0.1, 0.15) is 5.56 Å². The van der Waals surface area contributed by atoms with E-state index in [0.717, 1.165) is 0 Å². The monoisotopic (exact) mass is 354 g/mol. The van der Waals surface area contributed by atoms with Crippen molar-refractivity contribution >= 4 is 25.8 Å². The van der Waals surface area contributed by atoms with Crippen LogP contribution in [0.15, 0.2) is 65.6 Å². The molecule has 0 aliphatic heterocycles. The van der Waals surface area contributed by atoms with Gasteiger partial charge in [0.1, 0.15) is 5.60 Å². The van der Waals surface area contributed by atoms with Crippen molar-refractivity contribution in [2.45, 2.75) is 10.5 Å². The zero-order valence-corrected chi connectivity index (χ0v) is 13.1. The lowest BCUT2D eigenvalue weighted by Crippen LogP contribution is -2.36. The van der Waals surface area contributed by atoms with Crippen molar-refractivity contribution in [1.29, 1.82) is 0 Å². The molecule has 2 aromatic carbocycles. The quantitative estimate of drug-likeness (QED) is 0.840. The van der Waals surface area contributed by atoms with Crippen LogP contribution in [0.25, 0.3) is 0 Å². The first-order valence-corrected chi connectivity index (χ1v) is 8.87. The van der Waals surface area contributed by atoms with Crippen molar-refractivity contribution in [3.05, 3.63) is 66.2 Å². The molecule has 1 atom stereocenters. The molecule has 0 amide bonds. The van der Waals surface area contributed by atoms with E-state index >= 15 is 0 Å². The highest BCUT2D eigenvalue weighted by Gasteiger charge is 2.34. The van der Waals surface area contributed by atoms with Gasteiger partial charge < -0.3 is 5.11 Å². The van der Waals surface area contributed by atoms with Crippen LogP contribution < -0.4 is 0 Å². The van der Waals surface area contributed by atoms with Crippen molar-refractivity contribution in [2.24, 2.45) is 0 Å². The molecule has 2 rings (SSSR count). The van der Waals surface area contributed by atoms with Crippen molar-refractivity contribution in [2.75, 3.05) is 11.1 Å². The van der Waals surface area contributed by atoms with Crippen LogP contribution in [0.3, 0.4) is 0 Å². The second-order valence-electron chi connectivity index (χ2n) is 4.60. The summed E-state index contributed by atoms with van der Waals surface area (Å²) >= 11 is 3.22. The van der Waals surface area contributed by atoms with Crippen molar-refractivity contribution in [1.82, 2.24) is 0 Å². The molecule has 0 radical (unpaired) electrons. The Hall–Kier alpha value is -1.17. The Morgan fingerprint density at radius 2 is 1.45 bits per heavy atom. The summed E-state index contributed by atoms with van der Waals surface area (Å²) in [6.45, 7) is 0. The van der Waals surface area contributed by atoms with E-state index in [4.69, 9.17) is 0 Å². The molecule has 1 N–H and O–H groups in total. The van der Waals surface area contributed by atoms with Gasteiger partial charge in [-0.2, -0.15) is 0 Å². The highest BCUT2D eigenvalue weighted by Crippen LogP contribution is 2.27. The first-order valence-electron chi connectivity index (χ1n) is 6.10. The number of hydrogen-bond acceptors (Lipinski definition) is 3. The Labute approximate surface area is 127 Å². The molecule has 0 aliphatic rings. The fourth-order valence-electron chi connectivity index (χ4n) is 1.97. The SMILES string of the molecule is O=S(=O)(CC(O)(CBr)c1ccccc1)c1ccccc1. The third-order valence-corrected chi connectivity index (χ3v) is 5.84. The standard InChI is InChI=1S/C15H15BrO3S/c16-11-15(17,13-7-3-1-4-8-13)12-20(18,19)14-9-5-2-6-10-14/h1-10,17H,11-12H2. The van der Waals surface area contributed by atoms with E-state index < -0.39 is 15.4 Å². The normalized spacial score (nSPS) is 14.7. The summed E-state index contributed by atoms with van der Waals surface area (Å²) in [6, 6.07) is 17.0. The molecule has 0 bridgehead atoms. The Morgan fingerprint density at radius 1 is 0.950 bits per heavy atom. The zero-order chi connectivity index (χ0) is 14.6. The summed E-state index contributed by atoms with van der Waals surface area (Å²) in [7, 11) is -3.56.